The third-order valence-electron chi connectivity index (χ3n) is 4.38. The molecule has 108 valence electrons. The lowest BCUT2D eigenvalue weighted by atomic mass is 9.96. The van der Waals surface area contributed by atoms with Crippen LogP contribution in [-0.4, -0.2) is 17.6 Å². The minimum Gasteiger partial charge on any atom is -0.383 e. The number of carbonyl (C=O) groups excluding carboxylic acids is 1. The molecule has 1 aromatic rings. The van der Waals surface area contributed by atoms with Gasteiger partial charge < -0.3 is 10.4 Å². The van der Waals surface area contributed by atoms with Crippen LogP contribution in [0.15, 0.2) is 35.4 Å². The predicted octanol–water partition coefficient (Wildman–Crippen LogP) is 2.68. The van der Waals surface area contributed by atoms with Crippen LogP contribution in [0.1, 0.15) is 44.7 Å². The van der Waals surface area contributed by atoms with Crippen molar-refractivity contribution in [3.63, 3.8) is 0 Å². The fourth-order valence-corrected chi connectivity index (χ4v) is 2.67. The van der Waals surface area contributed by atoms with E-state index in [0.717, 1.165) is 29.6 Å². The van der Waals surface area contributed by atoms with E-state index in [0.29, 0.717) is 6.42 Å². The Hall–Kier alpha value is -1.61. The largest absolute Gasteiger partial charge is 0.383 e. The topological polar surface area (TPSA) is 49.3 Å². The Bertz CT molecular complexity index is 548. The SMILES string of the molecule is CC/C(C)=C(/C)C(=O)NCC1(O)CCc2ccccc21. The van der Waals surface area contributed by atoms with Crippen molar-refractivity contribution < 1.29 is 9.90 Å². The molecule has 1 unspecified atom stereocenters. The van der Waals surface area contributed by atoms with Crippen molar-refractivity contribution in [2.75, 3.05) is 6.54 Å². The Kier molecular flexibility index (Phi) is 4.29. The molecule has 20 heavy (non-hydrogen) atoms. The van der Waals surface area contributed by atoms with Crippen molar-refractivity contribution >= 4 is 5.91 Å². The van der Waals surface area contributed by atoms with Crippen LogP contribution in [0.2, 0.25) is 0 Å². The summed E-state index contributed by atoms with van der Waals surface area (Å²) in [6.07, 6.45) is 2.40. The summed E-state index contributed by atoms with van der Waals surface area (Å²) in [5.74, 6) is -0.0813. The van der Waals surface area contributed by atoms with E-state index in [1.807, 2.05) is 45.0 Å². The zero-order chi connectivity index (χ0) is 14.8. The van der Waals surface area contributed by atoms with Crippen LogP contribution in [0.25, 0.3) is 0 Å². The molecule has 0 aliphatic heterocycles. The molecule has 1 aromatic carbocycles. The molecule has 0 heterocycles. The first kappa shape index (κ1) is 14.8. The average Bonchev–Trinajstić information content (AvgIpc) is 2.81. The highest BCUT2D eigenvalue weighted by atomic mass is 16.3. The first-order valence-electron chi connectivity index (χ1n) is 7.23. The number of hydrogen-bond acceptors (Lipinski definition) is 2. The van der Waals surface area contributed by atoms with Gasteiger partial charge in [-0.05, 0) is 44.2 Å². The van der Waals surface area contributed by atoms with Gasteiger partial charge in [-0.2, -0.15) is 0 Å². The molecule has 1 atom stereocenters. The molecule has 0 bridgehead atoms. The number of fused-ring (bicyclic) bond motifs is 1. The number of aliphatic hydroxyl groups is 1. The molecule has 0 aromatic heterocycles. The Labute approximate surface area is 120 Å². The summed E-state index contributed by atoms with van der Waals surface area (Å²) in [5.41, 5.74) is 3.05. The Morgan fingerprint density at radius 1 is 1.35 bits per heavy atom. The average molecular weight is 273 g/mol. The lowest BCUT2D eigenvalue weighted by molar-refractivity contribution is -0.118. The van der Waals surface area contributed by atoms with Gasteiger partial charge in [0.1, 0.15) is 5.60 Å². The summed E-state index contributed by atoms with van der Waals surface area (Å²) < 4.78 is 0. The second kappa shape index (κ2) is 5.80. The van der Waals surface area contributed by atoms with E-state index in [2.05, 4.69) is 5.32 Å². The normalized spacial score (nSPS) is 22.2. The van der Waals surface area contributed by atoms with Gasteiger partial charge in [0.05, 0.1) is 6.54 Å². The van der Waals surface area contributed by atoms with E-state index in [9.17, 15) is 9.90 Å². The molecule has 3 nitrogen and oxygen atoms in total. The van der Waals surface area contributed by atoms with Gasteiger partial charge >= 0.3 is 0 Å². The molecule has 2 rings (SSSR count). The zero-order valence-electron chi connectivity index (χ0n) is 12.5. The van der Waals surface area contributed by atoms with Crippen molar-refractivity contribution in [1.82, 2.24) is 5.32 Å². The van der Waals surface area contributed by atoms with Crippen LogP contribution in [0.4, 0.5) is 0 Å². The molecule has 0 saturated heterocycles. The third-order valence-corrected chi connectivity index (χ3v) is 4.38. The minimum atomic E-state index is -0.924. The highest BCUT2D eigenvalue weighted by Crippen LogP contribution is 2.36. The predicted molar refractivity (Wildman–Crippen MR) is 80.3 cm³/mol. The number of benzene rings is 1. The van der Waals surface area contributed by atoms with Crippen LogP contribution in [-0.2, 0) is 16.8 Å². The third kappa shape index (κ3) is 2.78. The maximum Gasteiger partial charge on any atom is 0.246 e. The molecule has 2 N–H and O–H groups in total. The summed E-state index contributed by atoms with van der Waals surface area (Å²) in [7, 11) is 0. The number of hydrogen-bond donors (Lipinski definition) is 2. The lowest BCUT2D eigenvalue weighted by Crippen LogP contribution is -2.39. The molecule has 0 fully saturated rings. The molecular formula is C17H23NO2. The second-order valence-electron chi connectivity index (χ2n) is 5.63. The summed E-state index contributed by atoms with van der Waals surface area (Å²) in [5, 5.41) is 13.6. The maximum absolute atomic E-state index is 12.1. The Morgan fingerprint density at radius 2 is 2.05 bits per heavy atom. The van der Waals surface area contributed by atoms with Crippen molar-refractivity contribution in [2.24, 2.45) is 0 Å². The number of allylic oxidation sites excluding steroid dienone is 1. The van der Waals surface area contributed by atoms with Crippen molar-refractivity contribution in [3.05, 3.63) is 46.5 Å². The van der Waals surface area contributed by atoms with Gasteiger partial charge in [-0.15, -0.1) is 0 Å². The summed E-state index contributed by atoms with van der Waals surface area (Å²) in [4.78, 5) is 12.1. The van der Waals surface area contributed by atoms with Crippen LogP contribution in [0.3, 0.4) is 0 Å². The van der Waals surface area contributed by atoms with Gasteiger partial charge in [-0.25, -0.2) is 0 Å². The molecule has 0 saturated carbocycles. The Balaban J connectivity index is 2.07. The molecule has 3 heteroatoms. The smallest absolute Gasteiger partial charge is 0.246 e. The number of nitrogens with one attached hydrogen (secondary N) is 1. The van der Waals surface area contributed by atoms with Crippen LogP contribution < -0.4 is 5.32 Å². The summed E-state index contributed by atoms with van der Waals surface area (Å²) in [6.45, 7) is 6.11. The molecule has 1 aliphatic carbocycles. The van der Waals surface area contributed by atoms with Crippen molar-refractivity contribution in [2.45, 2.75) is 45.6 Å². The van der Waals surface area contributed by atoms with E-state index in [1.54, 1.807) is 0 Å². The summed E-state index contributed by atoms with van der Waals surface area (Å²) in [6, 6.07) is 7.92. The van der Waals surface area contributed by atoms with Gasteiger partial charge in [0.25, 0.3) is 0 Å². The van der Waals surface area contributed by atoms with Crippen LogP contribution in [0.5, 0.6) is 0 Å². The zero-order valence-corrected chi connectivity index (χ0v) is 12.5. The number of rotatable bonds is 4. The number of aryl methyl sites for hydroxylation is 1. The van der Waals surface area contributed by atoms with E-state index in [4.69, 9.17) is 0 Å². The fraction of sp³-hybridized carbons (Fsp3) is 0.471. The quantitative estimate of drug-likeness (QED) is 0.829. The molecule has 0 radical (unpaired) electrons. The highest BCUT2D eigenvalue weighted by molar-refractivity contribution is 5.93. The minimum absolute atomic E-state index is 0.0813. The number of amides is 1. The number of carbonyl (C=O) groups is 1. The van der Waals surface area contributed by atoms with Crippen LogP contribution >= 0.6 is 0 Å². The van der Waals surface area contributed by atoms with Gasteiger partial charge in [0, 0.05) is 5.57 Å². The van der Waals surface area contributed by atoms with Crippen molar-refractivity contribution in [3.8, 4) is 0 Å². The van der Waals surface area contributed by atoms with Gasteiger partial charge in [0.2, 0.25) is 5.91 Å². The molecular weight excluding hydrogens is 250 g/mol. The van der Waals surface area contributed by atoms with Crippen LogP contribution in [0, 0.1) is 0 Å². The van der Waals surface area contributed by atoms with Crippen molar-refractivity contribution in [1.29, 1.82) is 0 Å². The Morgan fingerprint density at radius 3 is 2.75 bits per heavy atom. The van der Waals surface area contributed by atoms with E-state index in [-0.39, 0.29) is 12.5 Å². The monoisotopic (exact) mass is 273 g/mol. The first-order valence-corrected chi connectivity index (χ1v) is 7.23. The summed E-state index contributed by atoms with van der Waals surface area (Å²) >= 11 is 0. The van der Waals surface area contributed by atoms with E-state index >= 15 is 0 Å². The standard InChI is InChI=1S/C17H23NO2/c1-4-12(2)13(3)16(19)18-11-17(20)10-9-14-7-5-6-8-15(14)17/h5-8,20H,4,9-11H2,1-3H3,(H,18,19)/b13-12-. The molecule has 1 amide bonds. The van der Waals surface area contributed by atoms with E-state index in [1.165, 1.54) is 5.56 Å². The first-order chi connectivity index (χ1) is 9.48. The molecule has 1 aliphatic rings. The molecule has 0 spiro atoms. The van der Waals surface area contributed by atoms with E-state index < -0.39 is 5.60 Å². The van der Waals surface area contributed by atoms with Gasteiger partial charge in [-0.1, -0.05) is 36.8 Å². The maximum atomic E-state index is 12.1. The lowest BCUT2D eigenvalue weighted by Gasteiger charge is -2.24. The van der Waals surface area contributed by atoms with Gasteiger partial charge in [0.15, 0.2) is 0 Å². The second-order valence-corrected chi connectivity index (χ2v) is 5.63. The fourth-order valence-electron chi connectivity index (χ4n) is 2.67. The van der Waals surface area contributed by atoms with Gasteiger partial charge in [-0.3, -0.25) is 4.79 Å². The highest BCUT2D eigenvalue weighted by Gasteiger charge is 2.36.